The minimum absolute atomic E-state index is 0.0616. The minimum atomic E-state index is -0.583. The Morgan fingerprint density at radius 3 is 1.75 bits per heavy atom. The van der Waals surface area contributed by atoms with Gasteiger partial charge < -0.3 is 0 Å². The quantitative estimate of drug-likeness (QED) is 0.558. The molecule has 24 heavy (non-hydrogen) atoms. The maximum absolute atomic E-state index is 11.7. The van der Waals surface area contributed by atoms with Crippen molar-refractivity contribution in [2.45, 2.75) is 50.2 Å². The first-order chi connectivity index (χ1) is 10.9. The van der Waals surface area contributed by atoms with Crippen molar-refractivity contribution in [3.8, 4) is 0 Å². The zero-order valence-corrected chi connectivity index (χ0v) is 18.3. The Bertz CT molecular complexity index is 777. The van der Waals surface area contributed by atoms with E-state index in [1.54, 1.807) is 6.08 Å². The fourth-order valence-electron chi connectivity index (χ4n) is 2.00. The number of hydrogen-bond acceptors (Lipinski definition) is 4. The molecule has 0 fully saturated rings. The number of rotatable bonds is 3. The van der Waals surface area contributed by atoms with Crippen LogP contribution in [0.1, 0.15) is 47.1 Å². The van der Waals surface area contributed by atoms with E-state index in [1.807, 2.05) is 12.2 Å². The van der Waals surface area contributed by atoms with E-state index in [0.29, 0.717) is 5.56 Å². The molecule has 0 radical (unpaired) electrons. The van der Waals surface area contributed by atoms with Gasteiger partial charge in [-0.3, -0.25) is 0 Å². The first-order valence-corrected chi connectivity index (χ1v) is 11.1. The molecule has 1 aliphatic heterocycles. The predicted molar refractivity (Wildman–Crippen MR) is 102 cm³/mol. The van der Waals surface area contributed by atoms with Crippen LogP contribution in [0.25, 0.3) is 6.08 Å². The van der Waals surface area contributed by atoms with Gasteiger partial charge in [-0.1, -0.05) is 0 Å². The Kier molecular flexibility index (Phi) is 5.36. The van der Waals surface area contributed by atoms with Crippen molar-refractivity contribution in [1.29, 1.82) is 0 Å². The van der Waals surface area contributed by atoms with E-state index in [1.165, 1.54) is 0 Å². The summed E-state index contributed by atoms with van der Waals surface area (Å²) in [6.07, 6.45) is 5.63. The van der Waals surface area contributed by atoms with Crippen molar-refractivity contribution < 1.29 is 4.74 Å². The van der Waals surface area contributed by atoms with Gasteiger partial charge >= 0.3 is 155 Å². The van der Waals surface area contributed by atoms with Crippen LogP contribution in [0.15, 0.2) is 36.6 Å². The molecular weight excluding hydrogens is 436 g/mol. The molecule has 0 saturated heterocycles. The molecule has 0 aromatic heterocycles. The summed E-state index contributed by atoms with van der Waals surface area (Å²) in [7, 11) is 0. The Morgan fingerprint density at radius 1 is 0.917 bits per heavy atom. The van der Waals surface area contributed by atoms with Crippen LogP contribution in [0, 0.1) is 0 Å². The first kappa shape index (κ1) is 19.3. The van der Waals surface area contributed by atoms with Gasteiger partial charge in [0.05, 0.1) is 0 Å². The van der Waals surface area contributed by atoms with E-state index in [0.717, 1.165) is 14.9 Å². The van der Waals surface area contributed by atoms with E-state index < -0.39 is 10.9 Å². The molecule has 0 unspecified atom stereocenters. The third-order valence-electron chi connectivity index (χ3n) is 2.88. The summed E-state index contributed by atoms with van der Waals surface area (Å²) in [5.74, 6) is 0. The molecule has 1 aliphatic rings. The van der Waals surface area contributed by atoms with E-state index in [2.05, 4.69) is 41.5 Å². The van der Waals surface area contributed by atoms with Gasteiger partial charge in [-0.2, -0.15) is 0 Å². The number of anilines is 1. The van der Waals surface area contributed by atoms with Crippen LogP contribution in [0.5, 0.6) is 0 Å². The Morgan fingerprint density at radius 2 is 1.38 bits per heavy atom. The fraction of sp³-hybridized carbons (Fsp3) is 0.444. The molecule has 0 spiro atoms. The van der Waals surface area contributed by atoms with Crippen LogP contribution < -0.4 is 16.6 Å². The Hall–Kier alpha value is -1.06. The molecule has 0 saturated carbocycles. The molecule has 0 amide bonds. The van der Waals surface area contributed by atoms with E-state index >= 15 is 0 Å². The van der Waals surface area contributed by atoms with Gasteiger partial charge in [-0.05, 0) is 0 Å². The van der Waals surface area contributed by atoms with Crippen molar-refractivity contribution in [3.05, 3.63) is 53.1 Å². The molecule has 1 heterocycles. The molecule has 0 atom stereocenters. The standard InChI is InChI=1S/C18H23NO3Se2/c1-17(2,3)23-12-8-10(7-11-14(19)16(21)15(11)20)9-13(22-12)24-18(4,5)6/h7-9H,19H2,1-6H3. The second kappa shape index (κ2) is 6.68. The summed E-state index contributed by atoms with van der Waals surface area (Å²) in [6, 6.07) is 0. The molecule has 0 bridgehead atoms. The van der Waals surface area contributed by atoms with Crippen LogP contribution in [-0.2, 0) is 4.74 Å². The van der Waals surface area contributed by atoms with E-state index in [-0.39, 0.29) is 44.2 Å². The van der Waals surface area contributed by atoms with Crippen molar-refractivity contribution in [2.75, 3.05) is 5.73 Å². The average molecular weight is 459 g/mol. The summed E-state index contributed by atoms with van der Waals surface area (Å²) < 4.78 is 8.32. The molecule has 2 N–H and O–H groups in total. The van der Waals surface area contributed by atoms with Crippen LogP contribution in [-0.4, -0.2) is 29.9 Å². The number of ether oxygens (including phenoxy) is 1. The number of nitrogens with two attached hydrogens (primary N) is 1. The second-order valence-corrected chi connectivity index (χ2v) is 15.3. The SMILES string of the molecule is CC(C)(C)[Se]C1=CC(=Cc2c(N)c(=O)c2=O)C=C([Se]C(C)(C)C)O1. The van der Waals surface area contributed by atoms with E-state index in [9.17, 15) is 9.59 Å². The third kappa shape index (κ3) is 4.97. The van der Waals surface area contributed by atoms with Crippen LogP contribution in [0.3, 0.4) is 0 Å². The van der Waals surface area contributed by atoms with Gasteiger partial charge in [-0.25, -0.2) is 0 Å². The number of nitrogen functional groups attached to an aromatic ring is 1. The average Bonchev–Trinajstić information content (AvgIpc) is 2.39. The molecule has 2 rings (SSSR count). The summed E-state index contributed by atoms with van der Waals surface area (Å²) in [5, 5.41) is 0. The third-order valence-corrected chi connectivity index (χ3v) is 7.14. The summed E-state index contributed by atoms with van der Waals surface area (Å²) in [5.41, 5.74) is 5.82. The normalized spacial score (nSPS) is 15.8. The molecule has 4 nitrogen and oxygen atoms in total. The molecule has 1 aromatic carbocycles. The molecule has 130 valence electrons. The van der Waals surface area contributed by atoms with Crippen molar-refractivity contribution in [3.63, 3.8) is 0 Å². The predicted octanol–water partition coefficient (Wildman–Crippen LogP) is 2.81. The van der Waals surface area contributed by atoms with Gasteiger partial charge in [0.1, 0.15) is 0 Å². The zero-order chi connectivity index (χ0) is 18.3. The Labute approximate surface area is 155 Å². The van der Waals surface area contributed by atoms with E-state index in [4.69, 9.17) is 10.5 Å². The van der Waals surface area contributed by atoms with Gasteiger partial charge in [0.2, 0.25) is 0 Å². The molecular formula is C18H23NO3Se2. The van der Waals surface area contributed by atoms with Crippen LogP contribution in [0.4, 0.5) is 5.69 Å². The van der Waals surface area contributed by atoms with Crippen LogP contribution in [0.2, 0.25) is 8.63 Å². The monoisotopic (exact) mass is 461 g/mol. The summed E-state index contributed by atoms with van der Waals surface area (Å²) in [4.78, 5) is 23.0. The van der Waals surface area contributed by atoms with Gasteiger partial charge in [0.25, 0.3) is 0 Å². The second-order valence-electron chi connectivity index (χ2n) is 7.59. The maximum atomic E-state index is 11.7. The summed E-state index contributed by atoms with van der Waals surface area (Å²) >= 11 is 0.331. The number of hydrogen-bond donors (Lipinski definition) is 1. The number of allylic oxidation sites excluding steroid dienone is 3. The molecule has 6 heteroatoms. The molecule has 1 aromatic rings. The van der Waals surface area contributed by atoms with Gasteiger partial charge in [0.15, 0.2) is 0 Å². The zero-order valence-electron chi connectivity index (χ0n) is 14.9. The fourth-order valence-corrected chi connectivity index (χ4v) is 6.17. The molecule has 0 aliphatic carbocycles. The first-order valence-electron chi connectivity index (χ1n) is 7.65. The van der Waals surface area contributed by atoms with Gasteiger partial charge in [-0.15, -0.1) is 0 Å². The summed E-state index contributed by atoms with van der Waals surface area (Å²) in [6.45, 7) is 13.1. The van der Waals surface area contributed by atoms with Crippen molar-refractivity contribution in [1.82, 2.24) is 0 Å². The van der Waals surface area contributed by atoms with Crippen molar-refractivity contribution in [2.24, 2.45) is 0 Å². The topological polar surface area (TPSA) is 69.4 Å². The van der Waals surface area contributed by atoms with Crippen LogP contribution >= 0.6 is 0 Å². The Balaban J connectivity index is 2.39. The van der Waals surface area contributed by atoms with Gasteiger partial charge in [0, 0.05) is 0 Å². The van der Waals surface area contributed by atoms with Crippen molar-refractivity contribution >= 4 is 41.7 Å².